The van der Waals surface area contributed by atoms with Crippen molar-refractivity contribution in [2.24, 2.45) is 0 Å². The van der Waals surface area contributed by atoms with E-state index in [2.05, 4.69) is 60.9 Å². The molecule has 0 N–H and O–H groups in total. The molecule has 1 aliphatic rings. The maximum atomic E-state index is 11.6. The van der Waals surface area contributed by atoms with Crippen LogP contribution >= 0.6 is 0 Å². The van der Waals surface area contributed by atoms with Crippen LogP contribution in [0, 0.1) is 20.8 Å². The van der Waals surface area contributed by atoms with Crippen LogP contribution in [0.5, 0.6) is 0 Å². The number of rotatable bonds is 4. The average Bonchev–Trinajstić information content (AvgIpc) is 3.23. The minimum atomic E-state index is 0.100. The smallest absolute Gasteiger partial charge is 0.159 e. The van der Waals surface area contributed by atoms with Crippen LogP contribution in [-0.2, 0) is 0 Å². The first-order chi connectivity index (χ1) is 15.9. The molecule has 0 saturated carbocycles. The Bertz CT molecular complexity index is 1330. The number of Topliss-reactive ketones (excluding diaryl/α,β-unsaturated/α-hetero) is 1. The first-order valence-corrected chi connectivity index (χ1v) is 11.5. The molecule has 6 heteroatoms. The highest BCUT2D eigenvalue weighted by atomic mass is 16.1. The van der Waals surface area contributed by atoms with E-state index in [-0.39, 0.29) is 5.78 Å². The first kappa shape index (κ1) is 21.2. The predicted molar refractivity (Wildman–Crippen MR) is 134 cm³/mol. The second kappa shape index (κ2) is 8.35. The van der Waals surface area contributed by atoms with Gasteiger partial charge in [0.2, 0.25) is 0 Å². The summed E-state index contributed by atoms with van der Waals surface area (Å²) in [5.41, 5.74) is 8.28. The molecular formula is C27H29N5O. The Morgan fingerprint density at radius 3 is 2.24 bits per heavy atom. The normalized spacial score (nSPS) is 14.2. The zero-order chi connectivity index (χ0) is 23.1. The number of hydrogen-bond acceptors (Lipinski definition) is 5. The van der Waals surface area contributed by atoms with Gasteiger partial charge in [-0.1, -0.05) is 23.8 Å². The lowest BCUT2D eigenvalue weighted by Crippen LogP contribution is -2.47. The third kappa shape index (κ3) is 3.97. The maximum absolute atomic E-state index is 11.6. The molecule has 0 aliphatic carbocycles. The fourth-order valence-electron chi connectivity index (χ4n) is 4.58. The van der Waals surface area contributed by atoms with E-state index in [1.807, 2.05) is 28.8 Å². The van der Waals surface area contributed by atoms with Gasteiger partial charge in [0, 0.05) is 60.3 Å². The van der Waals surface area contributed by atoms with Gasteiger partial charge in [-0.05, 0) is 58.0 Å². The van der Waals surface area contributed by atoms with Crippen molar-refractivity contribution < 1.29 is 4.79 Å². The van der Waals surface area contributed by atoms with Gasteiger partial charge < -0.3 is 9.80 Å². The van der Waals surface area contributed by atoms with Crippen LogP contribution < -0.4 is 9.80 Å². The van der Waals surface area contributed by atoms with E-state index in [1.54, 1.807) is 6.92 Å². The number of ketones is 1. The number of aryl methyl sites for hydroxylation is 2. The predicted octanol–water partition coefficient (Wildman–Crippen LogP) is 4.85. The molecule has 2 aromatic heterocycles. The summed E-state index contributed by atoms with van der Waals surface area (Å²) in [5, 5.41) is 4.97. The van der Waals surface area contributed by atoms with E-state index in [0.29, 0.717) is 0 Å². The Balaban J connectivity index is 1.44. The van der Waals surface area contributed by atoms with Gasteiger partial charge in [-0.25, -0.2) is 4.98 Å². The summed E-state index contributed by atoms with van der Waals surface area (Å²) in [4.78, 5) is 21.2. The van der Waals surface area contributed by atoms with E-state index >= 15 is 0 Å². The molecule has 0 spiro atoms. The second-order valence-corrected chi connectivity index (χ2v) is 8.89. The molecule has 1 aliphatic heterocycles. The van der Waals surface area contributed by atoms with Gasteiger partial charge in [0.25, 0.3) is 0 Å². The van der Waals surface area contributed by atoms with Crippen molar-refractivity contribution in [3.8, 4) is 11.3 Å². The number of aromatic nitrogens is 3. The Morgan fingerprint density at radius 1 is 0.879 bits per heavy atom. The summed E-state index contributed by atoms with van der Waals surface area (Å²) in [6, 6.07) is 18.5. The highest BCUT2D eigenvalue weighted by Crippen LogP contribution is 2.29. The highest BCUT2D eigenvalue weighted by Gasteiger charge is 2.23. The van der Waals surface area contributed by atoms with Crippen molar-refractivity contribution in [1.29, 1.82) is 0 Å². The molecule has 168 valence electrons. The molecule has 6 nitrogen and oxygen atoms in total. The fraction of sp³-hybridized carbons (Fsp3) is 0.296. The van der Waals surface area contributed by atoms with Crippen molar-refractivity contribution >= 4 is 22.9 Å². The quantitative estimate of drug-likeness (QED) is 0.426. The highest BCUT2D eigenvalue weighted by molar-refractivity contribution is 5.94. The Labute approximate surface area is 194 Å². The Morgan fingerprint density at radius 2 is 1.58 bits per heavy atom. The van der Waals surface area contributed by atoms with Crippen molar-refractivity contribution in [2.75, 3.05) is 36.0 Å². The molecule has 3 heterocycles. The number of piperazine rings is 1. The lowest BCUT2D eigenvalue weighted by molar-refractivity contribution is 0.101. The Hall–Kier alpha value is -3.67. The van der Waals surface area contributed by atoms with Crippen molar-refractivity contribution in [3.63, 3.8) is 0 Å². The van der Waals surface area contributed by atoms with Gasteiger partial charge in [0.05, 0.1) is 5.69 Å². The van der Waals surface area contributed by atoms with Gasteiger partial charge in [-0.15, -0.1) is 0 Å². The van der Waals surface area contributed by atoms with Gasteiger partial charge in [-0.3, -0.25) is 4.79 Å². The molecule has 2 aromatic carbocycles. The molecule has 0 unspecified atom stereocenters. The van der Waals surface area contributed by atoms with Gasteiger partial charge in [0.15, 0.2) is 11.4 Å². The van der Waals surface area contributed by atoms with E-state index in [4.69, 9.17) is 10.1 Å². The number of carbonyl (C=O) groups is 1. The minimum absolute atomic E-state index is 0.100. The largest absolute Gasteiger partial charge is 0.368 e. The number of fused-ring (bicyclic) bond motifs is 1. The molecule has 33 heavy (non-hydrogen) atoms. The second-order valence-electron chi connectivity index (χ2n) is 8.89. The van der Waals surface area contributed by atoms with Crippen LogP contribution in [0.2, 0.25) is 0 Å². The van der Waals surface area contributed by atoms with Crippen LogP contribution in [0.25, 0.3) is 16.9 Å². The molecule has 5 rings (SSSR count). The van der Waals surface area contributed by atoms with Gasteiger partial charge in [-0.2, -0.15) is 9.61 Å². The maximum Gasteiger partial charge on any atom is 0.159 e. The lowest BCUT2D eigenvalue weighted by atomic mass is 10.1. The minimum Gasteiger partial charge on any atom is -0.368 e. The Kier molecular flexibility index (Phi) is 5.36. The zero-order valence-electron chi connectivity index (χ0n) is 19.7. The lowest BCUT2D eigenvalue weighted by Gasteiger charge is -2.38. The van der Waals surface area contributed by atoms with Crippen LogP contribution in [0.3, 0.4) is 0 Å². The number of nitrogens with zero attached hydrogens (tertiary/aromatic N) is 5. The molecular weight excluding hydrogens is 410 g/mol. The number of carbonyl (C=O) groups excluding carboxylic acids is 1. The standard InChI is InChI=1S/C27H29N5O/c1-18-6-5-7-23(16-18)25-17-26-28-20(3)19(2)27(32(26)29-25)31-14-12-30(13-15-31)24-10-8-22(9-11-24)21(4)33/h5-11,16-17H,12-15H2,1-4H3. The summed E-state index contributed by atoms with van der Waals surface area (Å²) in [6.07, 6.45) is 0. The topological polar surface area (TPSA) is 53.7 Å². The summed E-state index contributed by atoms with van der Waals surface area (Å²) in [7, 11) is 0. The SMILES string of the molecule is CC(=O)c1ccc(N2CCN(c3c(C)c(C)nc4cc(-c5cccc(C)c5)nn34)CC2)cc1. The summed E-state index contributed by atoms with van der Waals surface area (Å²) < 4.78 is 2.01. The third-order valence-electron chi connectivity index (χ3n) is 6.58. The third-order valence-corrected chi connectivity index (χ3v) is 6.58. The molecule has 4 aromatic rings. The fourth-order valence-corrected chi connectivity index (χ4v) is 4.58. The number of hydrogen-bond donors (Lipinski definition) is 0. The van der Waals surface area contributed by atoms with Gasteiger partial charge in [0.1, 0.15) is 5.82 Å². The van der Waals surface area contributed by atoms with Crippen molar-refractivity contribution in [1.82, 2.24) is 14.6 Å². The first-order valence-electron chi connectivity index (χ1n) is 11.5. The monoisotopic (exact) mass is 439 g/mol. The van der Waals surface area contributed by atoms with E-state index in [1.165, 1.54) is 11.1 Å². The van der Waals surface area contributed by atoms with Crippen LogP contribution in [-0.4, -0.2) is 46.6 Å². The number of anilines is 2. The van der Waals surface area contributed by atoms with Gasteiger partial charge >= 0.3 is 0 Å². The van der Waals surface area contributed by atoms with E-state index in [0.717, 1.165) is 65.8 Å². The van der Waals surface area contributed by atoms with Crippen molar-refractivity contribution in [2.45, 2.75) is 27.7 Å². The van der Waals surface area contributed by atoms with E-state index in [9.17, 15) is 4.79 Å². The summed E-state index contributed by atoms with van der Waals surface area (Å²) in [5.74, 6) is 1.23. The molecule has 0 atom stereocenters. The van der Waals surface area contributed by atoms with Crippen LogP contribution in [0.15, 0.2) is 54.6 Å². The van der Waals surface area contributed by atoms with Crippen LogP contribution in [0.1, 0.15) is 34.1 Å². The average molecular weight is 440 g/mol. The van der Waals surface area contributed by atoms with Crippen LogP contribution in [0.4, 0.5) is 11.5 Å². The molecule has 0 bridgehead atoms. The molecule has 0 amide bonds. The number of benzene rings is 2. The van der Waals surface area contributed by atoms with E-state index < -0.39 is 0 Å². The summed E-state index contributed by atoms with van der Waals surface area (Å²) >= 11 is 0. The molecule has 0 radical (unpaired) electrons. The summed E-state index contributed by atoms with van der Waals surface area (Å²) in [6.45, 7) is 11.5. The van der Waals surface area contributed by atoms with Crippen molar-refractivity contribution in [3.05, 3.63) is 77.0 Å². The molecule has 1 saturated heterocycles. The molecule has 1 fully saturated rings. The zero-order valence-corrected chi connectivity index (χ0v) is 19.7.